The van der Waals surface area contributed by atoms with E-state index in [4.69, 9.17) is 11.6 Å². The lowest BCUT2D eigenvalue weighted by atomic mass is 9.88. The van der Waals surface area contributed by atoms with Gasteiger partial charge in [-0.3, -0.25) is 14.5 Å². The molecule has 0 spiro atoms. The van der Waals surface area contributed by atoms with E-state index in [1.54, 1.807) is 34.1 Å². The molecule has 0 aromatic heterocycles. The van der Waals surface area contributed by atoms with Gasteiger partial charge in [0.2, 0.25) is 5.91 Å². The number of hydrogen-bond donors (Lipinski definition) is 3. The van der Waals surface area contributed by atoms with Crippen molar-refractivity contribution >= 4 is 23.4 Å². The quantitative estimate of drug-likeness (QED) is 0.682. The number of piperidine rings is 1. The summed E-state index contributed by atoms with van der Waals surface area (Å²) in [5.74, 6) is -0.312. The number of benzene rings is 1. The molecule has 2 saturated heterocycles. The van der Waals surface area contributed by atoms with Crippen molar-refractivity contribution in [2.45, 2.75) is 18.1 Å². The fourth-order valence-electron chi connectivity index (χ4n) is 3.38. The lowest BCUT2D eigenvalue weighted by molar-refractivity contribution is -0.137. The van der Waals surface area contributed by atoms with Gasteiger partial charge in [-0.2, -0.15) is 0 Å². The fraction of sp³-hybridized carbons (Fsp3) is 0.529. The minimum Gasteiger partial charge on any atom is -0.390 e. The second kappa shape index (κ2) is 7.29. The molecule has 0 unspecified atom stereocenters. The summed E-state index contributed by atoms with van der Waals surface area (Å²) >= 11 is 5.85. The molecule has 7 nitrogen and oxygen atoms in total. The van der Waals surface area contributed by atoms with Crippen LogP contribution in [0.4, 0.5) is 0 Å². The summed E-state index contributed by atoms with van der Waals surface area (Å²) in [5.41, 5.74) is -0.974. The van der Waals surface area contributed by atoms with E-state index in [1.807, 2.05) is 0 Å². The maximum absolute atomic E-state index is 12.7. The Bertz CT molecular complexity index is 654. The standard InChI is InChI=1S/C17H22ClN3O4/c18-13-3-1-12(2-4-13)16(24)21-7-5-14(22)17(25,11-21)10-20-8-6-19-15(23)9-20/h1-4,14,22,25H,5-11H2,(H,19,23)/t14-,17+/m0/s1. The normalized spacial score (nSPS) is 27.9. The Kier molecular flexibility index (Phi) is 5.29. The molecule has 2 aliphatic rings. The number of hydrogen-bond acceptors (Lipinski definition) is 5. The molecular weight excluding hydrogens is 346 g/mol. The topological polar surface area (TPSA) is 93.1 Å². The van der Waals surface area contributed by atoms with Gasteiger partial charge in [0.05, 0.1) is 19.2 Å². The fourth-order valence-corrected chi connectivity index (χ4v) is 3.51. The van der Waals surface area contributed by atoms with Crippen LogP contribution in [0.25, 0.3) is 0 Å². The third-order valence-corrected chi connectivity index (χ3v) is 5.00. The van der Waals surface area contributed by atoms with Crippen LogP contribution in [0, 0.1) is 0 Å². The van der Waals surface area contributed by atoms with E-state index in [2.05, 4.69) is 5.32 Å². The summed E-state index contributed by atoms with van der Waals surface area (Å²) in [5, 5.41) is 24.5. The van der Waals surface area contributed by atoms with Gasteiger partial charge in [0.15, 0.2) is 0 Å². The molecular formula is C17H22ClN3O4. The van der Waals surface area contributed by atoms with Crippen molar-refractivity contribution in [1.29, 1.82) is 0 Å². The van der Waals surface area contributed by atoms with Crippen LogP contribution >= 0.6 is 11.6 Å². The van der Waals surface area contributed by atoms with E-state index in [1.165, 1.54) is 0 Å². The zero-order valence-electron chi connectivity index (χ0n) is 13.8. The van der Waals surface area contributed by atoms with Crippen LogP contribution in [0.1, 0.15) is 16.8 Å². The summed E-state index contributed by atoms with van der Waals surface area (Å²) in [6, 6.07) is 6.58. The molecule has 0 radical (unpaired) electrons. The number of halogens is 1. The van der Waals surface area contributed by atoms with E-state index in [0.29, 0.717) is 30.2 Å². The lowest BCUT2D eigenvalue weighted by Gasteiger charge is -2.45. The van der Waals surface area contributed by atoms with Gasteiger partial charge in [-0.1, -0.05) is 11.6 Å². The van der Waals surface area contributed by atoms with Crippen molar-refractivity contribution in [2.24, 2.45) is 0 Å². The van der Waals surface area contributed by atoms with E-state index in [9.17, 15) is 19.8 Å². The molecule has 3 rings (SSSR count). The Labute approximate surface area is 151 Å². The van der Waals surface area contributed by atoms with Crippen molar-refractivity contribution < 1.29 is 19.8 Å². The number of aliphatic hydroxyl groups excluding tert-OH is 1. The van der Waals surface area contributed by atoms with Crippen molar-refractivity contribution in [2.75, 3.05) is 39.3 Å². The third-order valence-electron chi connectivity index (χ3n) is 4.75. The number of rotatable bonds is 3. The molecule has 0 saturated carbocycles. The number of nitrogens with one attached hydrogen (secondary N) is 1. The maximum atomic E-state index is 12.7. The van der Waals surface area contributed by atoms with Gasteiger partial charge in [-0.15, -0.1) is 0 Å². The number of piperazine rings is 1. The first-order valence-electron chi connectivity index (χ1n) is 8.32. The predicted octanol–water partition coefficient (Wildman–Crippen LogP) is -0.290. The highest BCUT2D eigenvalue weighted by molar-refractivity contribution is 6.30. The number of likely N-dealkylation sites (tertiary alicyclic amines) is 1. The van der Waals surface area contributed by atoms with Crippen LogP contribution in [-0.4, -0.2) is 82.8 Å². The number of aliphatic hydroxyl groups is 2. The van der Waals surface area contributed by atoms with Gasteiger partial charge >= 0.3 is 0 Å². The van der Waals surface area contributed by atoms with Crippen molar-refractivity contribution in [3.63, 3.8) is 0 Å². The van der Waals surface area contributed by atoms with E-state index in [-0.39, 0.29) is 37.9 Å². The molecule has 0 aliphatic carbocycles. The van der Waals surface area contributed by atoms with Gasteiger partial charge < -0.3 is 20.4 Å². The molecule has 2 atom stereocenters. The Morgan fingerprint density at radius 3 is 2.72 bits per heavy atom. The van der Waals surface area contributed by atoms with Crippen molar-refractivity contribution in [3.05, 3.63) is 34.9 Å². The van der Waals surface area contributed by atoms with Crippen molar-refractivity contribution in [3.8, 4) is 0 Å². The van der Waals surface area contributed by atoms with E-state index >= 15 is 0 Å². The highest BCUT2D eigenvalue weighted by atomic mass is 35.5. The Morgan fingerprint density at radius 2 is 2.04 bits per heavy atom. The number of carbonyl (C=O) groups is 2. The van der Waals surface area contributed by atoms with E-state index < -0.39 is 11.7 Å². The van der Waals surface area contributed by atoms with E-state index in [0.717, 1.165) is 0 Å². The SMILES string of the molecule is O=C1CN(C[C@@]2(O)CN(C(=O)c3ccc(Cl)cc3)CC[C@@H]2O)CCN1. The highest BCUT2D eigenvalue weighted by Crippen LogP contribution is 2.25. The maximum Gasteiger partial charge on any atom is 0.253 e. The summed E-state index contributed by atoms with van der Waals surface area (Å²) < 4.78 is 0. The number of amides is 2. The molecule has 2 amide bonds. The molecule has 8 heteroatoms. The largest absolute Gasteiger partial charge is 0.390 e. The Hall–Kier alpha value is -1.67. The molecule has 1 aromatic rings. The third kappa shape index (κ3) is 4.12. The average molecular weight is 368 g/mol. The second-order valence-corrected chi connectivity index (χ2v) is 7.14. The predicted molar refractivity (Wildman–Crippen MR) is 92.4 cm³/mol. The zero-order valence-corrected chi connectivity index (χ0v) is 14.6. The lowest BCUT2D eigenvalue weighted by Crippen LogP contribution is -2.64. The Balaban J connectivity index is 1.70. The van der Waals surface area contributed by atoms with Crippen LogP contribution in [0.15, 0.2) is 24.3 Å². The van der Waals surface area contributed by atoms with Gasteiger partial charge in [-0.05, 0) is 30.7 Å². The molecule has 3 N–H and O–H groups in total. The molecule has 2 fully saturated rings. The summed E-state index contributed by atoms with van der Waals surface area (Å²) in [6.45, 7) is 1.83. The minimum absolute atomic E-state index is 0.0216. The molecule has 2 aliphatic heterocycles. The highest BCUT2D eigenvalue weighted by Gasteiger charge is 2.44. The monoisotopic (exact) mass is 367 g/mol. The molecule has 2 heterocycles. The van der Waals surface area contributed by atoms with Gasteiger partial charge in [-0.25, -0.2) is 0 Å². The summed E-state index contributed by atoms with van der Waals surface area (Å²) in [7, 11) is 0. The number of β-amino-alcohol motifs (C(OH)–C–C–N with tert-alkyl or cyclic N) is 1. The molecule has 0 bridgehead atoms. The van der Waals surface area contributed by atoms with Gasteiger partial charge in [0, 0.05) is 36.8 Å². The van der Waals surface area contributed by atoms with Gasteiger partial charge in [0.25, 0.3) is 5.91 Å². The molecule has 136 valence electrons. The first-order chi connectivity index (χ1) is 11.9. The molecule has 25 heavy (non-hydrogen) atoms. The van der Waals surface area contributed by atoms with Crippen LogP contribution in [0.5, 0.6) is 0 Å². The smallest absolute Gasteiger partial charge is 0.253 e. The van der Waals surface area contributed by atoms with Gasteiger partial charge in [0.1, 0.15) is 5.60 Å². The minimum atomic E-state index is -1.46. The molecule has 1 aromatic carbocycles. The first-order valence-corrected chi connectivity index (χ1v) is 8.69. The number of carbonyl (C=O) groups excluding carboxylic acids is 2. The zero-order chi connectivity index (χ0) is 18.0. The average Bonchev–Trinajstić information content (AvgIpc) is 2.57. The van der Waals surface area contributed by atoms with Crippen LogP contribution in [0.2, 0.25) is 5.02 Å². The summed E-state index contributed by atoms with van der Waals surface area (Å²) in [4.78, 5) is 27.5. The summed E-state index contributed by atoms with van der Waals surface area (Å²) in [6.07, 6.45) is -0.651. The second-order valence-electron chi connectivity index (χ2n) is 6.70. The Morgan fingerprint density at radius 1 is 1.32 bits per heavy atom. The first kappa shape index (κ1) is 18.1. The number of nitrogens with zero attached hydrogens (tertiary/aromatic N) is 2. The van der Waals surface area contributed by atoms with Crippen LogP contribution in [0.3, 0.4) is 0 Å². The van der Waals surface area contributed by atoms with Crippen molar-refractivity contribution in [1.82, 2.24) is 15.1 Å². The van der Waals surface area contributed by atoms with Crippen LogP contribution < -0.4 is 5.32 Å². The van der Waals surface area contributed by atoms with Crippen LogP contribution in [-0.2, 0) is 4.79 Å².